The number of ether oxygens (including phenoxy) is 2. The van der Waals surface area contributed by atoms with Crippen LogP contribution in [0.4, 0.5) is 5.13 Å². The maximum atomic E-state index is 13.4. The summed E-state index contributed by atoms with van der Waals surface area (Å²) in [5, 5.41) is 11.6. The third-order valence-electron chi connectivity index (χ3n) is 6.49. The van der Waals surface area contributed by atoms with E-state index in [2.05, 4.69) is 11.9 Å². The summed E-state index contributed by atoms with van der Waals surface area (Å²) in [6.07, 6.45) is 2.76. The van der Waals surface area contributed by atoms with Crippen molar-refractivity contribution in [2.24, 2.45) is 0 Å². The standard InChI is InChI=1S/C30H32N2O6S/c1-5-8-17-38-22-15-13-21(14-16-22)25(33)23-24(20-11-9-19(6-2)10-12-20)32(28(35)26(23)34)30-31-18(4)27(39-30)29(36)37-7-3/h9-16,24,33H,5-8,17H2,1-4H3/t24-/m1/s1. The van der Waals surface area contributed by atoms with Crippen molar-refractivity contribution in [2.75, 3.05) is 18.1 Å². The van der Waals surface area contributed by atoms with E-state index in [1.807, 2.05) is 31.2 Å². The maximum absolute atomic E-state index is 13.4. The fraction of sp³-hybridized carbons (Fsp3) is 0.333. The number of esters is 1. The van der Waals surface area contributed by atoms with Crippen LogP contribution in [-0.4, -0.2) is 41.0 Å². The minimum Gasteiger partial charge on any atom is -0.507 e. The summed E-state index contributed by atoms with van der Waals surface area (Å²) in [7, 11) is 0. The van der Waals surface area contributed by atoms with Crippen molar-refractivity contribution in [3.05, 3.63) is 81.4 Å². The third kappa shape index (κ3) is 5.73. The molecule has 1 aliphatic rings. The fourth-order valence-electron chi connectivity index (χ4n) is 4.35. The van der Waals surface area contributed by atoms with Crippen LogP contribution >= 0.6 is 11.3 Å². The van der Waals surface area contributed by atoms with E-state index < -0.39 is 23.7 Å². The van der Waals surface area contributed by atoms with E-state index in [0.29, 0.717) is 29.2 Å². The summed E-state index contributed by atoms with van der Waals surface area (Å²) in [6, 6.07) is 13.4. The predicted molar refractivity (Wildman–Crippen MR) is 150 cm³/mol. The van der Waals surface area contributed by atoms with E-state index in [9.17, 15) is 19.5 Å². The van der Waals surface area contributed by atoms with Crippen LogP contribution in [-0.2, 0) is 20.7 Å². The molecule has 1 amide bonds. The van der Waals surface area contributed by atoms with Crippen molar-refractivity contribution in [2.45, 2.75) is 53.0 Å². The van der Waals surface area contributed by atoms with Crippen molar-refractivity contribution in [1.29, 1.82) is 0 Å². The third-order valence-corrected chi connectivity index (χ3v) is 7.63. The summed E-state index contributed by atoms with van der Waals surface area (Å²) in [5.74, 6) is -1.84. The molecule has 4 rings (SSSR count). The van der Waals surface area contributed by atoms with Gasteiger partial charge in [-0.05, 0) is 62.1 Å². The molecule has 0 spiro atoms. The second-order valence-electron chi connectivity index (χ2n) is 9.12. The highest BCUT2D eigenvalue weighted by Crippen LogP contribution is 2.44. The number of unbranched alkanes of at least 4 members (excludes halogenated alkanes) is 1. The zero-order valence-electron chi connectivity index (χ0n) is 22.5. The molecule has 39 heavy (non-hydrogen) atoms. The fourth-order valence-corrected chi connectivity index (χ4v) is 5.34. The van der Waals surface area contributed by atoms with Gasteiger partial charge in [-0.25, -0.2) is 9.78 Å². The van der Waals surface area contributed by atoms with E-state index >= 15 is 0 Å². The molecule has 1 aliphatic heterocycles. The van der Waals surface area contributed by atoms with Gasteiger partial charge >= 0.3 is 11.9 Å². The number of aryl methyl sites for hydroxylation is 2. The number of rotatable bonds is 10. The van der Waals surface area contributed by atoms with Gasteiger partial charge in [-0.2, -0.15) is 0 Å². The van der Waals surface area contributed by atoms with Gasteiger partial charge in [-0.15, -0.1) is 0 Å². The number of ketones is 1. The van der Waals surface area contributed by atoms with E-state index in [0.717, 1.165) is 36.2 Å². The molecule has 1 atom stereocenters. The molecule has 0 saturated carbocycles. The van der Waals surface area contributed by atoms with Crippen LogP contribution < -0.4 is 9.64 Å². The number of carbonyl (C=O) groups excluding carboxylic acids is 3. The van der Waals surface area contributed by atoms with Crippen LogP contribution in [0.3, 0.4) is 0 Å². The molecule has 0 bridgehead atoms. The second-order valence-corrected chi connectivity index (χ2v) is 10.1. The van der Waals surface area contributed by atoms with Gasteiger partial charge in [0.2, 0.25) is 0 Å². The zero-order chi connectivity index (χ0) is 28.1. The molecule has 1 saturated heterocycles. The Morgan fingerprint density at radius 2 is 1.74 bits per heavy atom. The Balaban J connectivity index is 1.81. The highest BCUT2D eigenvalue weighted by molar-refractivity contribution is 7.17. The van der Waals surface area contributed by atoms with Crippen LogP contribution in [0.25, 0.3) is 5.76 Å². The number of benzene rings is 2. The molecule has 8 nitrogen and oxygen atoms in total. The van der Waals surface area contributed by atoms with E-state index in [1.165, 1.54) is 4.90 Å². The molecule has 2 heterocycles. The molecule has 204 valence electrons. The number of thiazole rings is 1. The molecule has 1 aromatic heterocycles. The Morgan fingerprint density at radius 1 is 1.05 bits per heavy atom. The lowest BCUT2D eigenvalue weighted by molar-refractivity contribution is -0.132. The Bertz CT molecular complexity index is 1390. The number of hydrogen-bond acceptors (Lipinski definition) is 8. The highest BCUT2D eigenvalue weighted by atomic mass is 32.1. The minimum atomic E-state index is -0.933. The van der Waals surface area contributed by atoms with Gasteiger partial charge in [0, 0.05) is 5.56 Å². The van der Waals surface area contributed by atoms with Crippen molar-refractivity contribution in [3.8, 4) is 5.75 Å². The summed E-state index contributed by atoms with van der Waals surface area (Å²) >= 11 is 0.984. The Morgan fingerprint density at radius 3 is 2.36 bits per heavy atom. The van der Waals surface area contributed by atoms with Crippen LogP contribution in [0.2, 0.25) is 0 Å². The molecular formula is C30H32N2O6S. The number of Topliss-reactive ketones (excluding diaryl/α,β-unsaturated/α-hetero) is 1. The average molecular weight is 549 g/mol. The minimum absolute atomic E-state index is 0.0468. The lowest BCUT2D eigenvalue weighted by Gasteiger charge is -2.23. The van der Waals surface area contributed by atoms with Crippen molar-refractivity contribution in [3.63, 3.8) is 0 Å². The lowest BCUT2D eigenvalue weighted by Crippen LogP contribution is -2.29. The van der Waals surface area contributed by atoms with Gasteiger partial charge in [0.15, 0.2) is 5.13 Å². The monoisotopic (exact) mass is 548 g/mol. The number of anilines is 1. The molecule has 3 aromatic rings. The highest BCUT2D eigenvalue weighted by Gasteiger charge is 2.48. The SMILES string of the molecule is CCCCOc1ccc(C(O)=C2C(=O)C(=O)N(c3nc(C)c(C(=O)OCC)s3)[C@@H]2c2ccc(CC)cc2)cc1. The van der Waals surface area contributed by atoms with Crippen molar-refractivity contribution < 1.29 is 29.0 Å². The maximum Gasteiger partial charge on any atom is 0.350 e. The van der Waals surface area contributed by atoms with Crippen LogP contribution in [0.15, 0.2) is 54.1 Å². The quantitative estimate of drug-likeness (QED) is 0.109. The first kappa shape index (κ1) is 28.0. The molecule has 1 fully saturated rings. The summed E-state index contributed by atoms with van der Waals surface area (Å²) in [4.78, 5) is 45.3. The number of aliphatic hydroxyl groups excluding tert-OH is 1. The number of carbonyl (C=O) groups is 3. The van der Waals surface area contributed by atoms with Gasteiger partial charge in [0.1, 0.15) is 16.4 Å². The molecular weight excluding hydrogens is 516 g/mol. The molecule has 0 radical (unpaired) electrons. The first-order valence-corrected chi connectivity index (χ1v) is 13.9. The van der Waals surface area contributed by atoms with E-state index in [-0.39, 0.29) is 27.9 Å². The van der Waals surface area contributed by atoms with Crippen LogP contribution in [0.5, 0.6) is 5.75 Å². The van der Waals surface area contributed by atoms with Crippen molar-refractivity contribution >= 4 is 39.9 Å². The summed E-state index contributed by atoms with van der Waals surface area (Å²) in [5.41, 5.74) is 2.46. The van der Waals surface area contributed by atoms with E-state index in [4.69, 9.17) is 9.47 Å². The Hall–Kier alpha value is -3.98. The second kappa shape index (κ2) is 12.3. The largest absolute Gasteiger partial charge is 0.507 e. The Labute approximate surface area is 231 Å². The topological polar surface area (TPSA) is 106 Å². The number of nitrogens with zero attached hydrogens (tertiary/aromatic N) is 2. The first-order valence-electron chi connectivity index (χ1n) is 13.1. The van der Waals surface area contributed by atoms with Gasteiger partial charge in [-0.1, -0.05) is 55.9 Å². The zero-order valence-corrected chi connectivity index (χ0v) is 23.3. The van der Waals surface area contributed by atoms with Gasteiger partial charge < -0.3 is 14.6 Å². The number of hydrogen-bond donors (Lipinski definition) is 1. The average Bonchev–Trinajstić information content (AvgIpc) is 3.45. The van der Waals surface area contributed by atoms with Crippen LogP contribution in [0.1, 0.15) is 71.7 Å². The first-order chi connectivity index (χ1) is 18.8. The normalized spacial score (nSPS) is 16.5. The lowest BCUT2D eigenvalue weighted by atomic mass is 9.94. The predicted octanol–water partition coefficient (Wildman–Crippen LogP) is 6.00. The Kier molecular flexibility index (Phi) is 8.81. The van der Waals surface area contributed by atoms with E-state index in [1.54, 1.807) is 38.1 Å². The summed E-state index contributed by atoms with van der Waals surface area (Å²) in [6.45, 7) is 8.25. The van der Waals surface area contributed by atoms with Gasteiger partial charge in [-0.3, -0.25) is 14.5 Å². The van der Waals surface area contributed by atoms with Gasteiger partial charge in [0.25, 0.3) is 5.78 Å². The van der Waals surface area contributed by atoms with Gasteiger partial charge in [0.05, 0.1) is 30.5 Å². The molecule has 0 unspecified atom stereocenters. The molecule has 9 heteroatoms. The number of amides is 1. The van der Waals surface area contributed by atoms with Crippen molar-refractivity contribution in [1.82, 2.24) is 4.98 Å². The number of aliphatic hydroxyl groups is 1. The molecule has 2 aromatic carbocycles. The smallest absolute Gasteiger partial charge is 0.350 e. The number of aromatic nitrogens is 1. The summed E-state index contributed by atoms with van der Waals surface area (Å²) < 4.78 is 10.8. The molecule has 0 aliphatic carbocycles. The van der Waals surface area contributed by atoms with Crippen LogP contribution in [0, 0.1) is 6.92 Å². The molecule has 1 N–H and O–H groups in total.